The predicted octanol–water partition coefficient (Wildman–Crippen LogP) is 15.2. The number of fused-ring (bicyclic) bond motifs is 1. The summed E-state index contributed by atoms with van der Waals surface area (Å²) in [6.45, 7) is 19.9. The lowest BCUT2D eigenvalue weighted by atomic mass is 9.57. The van der Waals surface area contributed by atoms with Crippen molar-refractivity contribution in [2.45, 2.75) is 296 Å². The minimum absolute atomic E-state index is 0.0711. The van der Waals surface area contributed by atoms with Crippen molar-refractivity contribution >= 4 is 23.3 Å². The topological polar surface area (TPSA) is 95.6 Å². The molecule has 1 aromatic rings. The molecule has 7 nitrogen and oxygen atoms in total. The van der Waals surface area contributed by atoms with E-state index in [1.165, 1.54) is 18.4 Å². The fourth-order valence-electron chi connectivity index (χ4n) is 14.7. The number of benzene rings is 1. The van der Waals surface area contributed by atoms with Crippen LogP contribution in [-0.2, 0) is 20.8 Å². The van der Waals surface area contributed by atoms with Gasteiger partial charge in [-0.15, -0.1) is 0 Å². The smallest absolute Gasteiger partial charge is 0.228 e. The minimum atomic E-state index is -0.935. The molecule has 0 radical (unpaired) electrons. The number of ketones is 3. The molecule has 69 heavy (non-hydrogen) atoms. The molecule has 7 heteroatoms. The van der Waals surface area contributed by atoms with Crippen molar-refractivity contribution in [3.63, 3.8) is 0 Å². The lowest BCUT2D eigenvalue weighted by molar-refractivity contribution is -0.179. The summed E-state index contributed by atoms with van der Waals surface area (Å²) in [7, 11) is 0. The number of Topliss-reactive ketones (excluding diaryl/α,β-unsaturated/α-hetero) is 3. The van der Waals surface area contributed by atoms with Gasteiger partial charge in [0.1, 0.15) is 16.9 Å². The van der Waals surface area contributed by atoms with E-state index in [1.807, 2.05) is 25.1 Å². The van der Waals surface area contributed by atoms with Gasteiger partial charge >= 0.3 is 0 Å². The van der Waals surface area contributed by atoms with Crippen LogP contribution in [0.4, 0.5) is 0 Å². The quantitative estimate of drug-likeness (QED) is 0.0546. The van der Waals surface area contributed by atoms with Gasteiger partial charge < -0.3 is 10.2 Å². The van der Waals surface area contributed by atoms with E-state index in [1.54, 1.807) is 0 Å². The Kier molecular flexibility index (Phi) is 22.8. The second-order valence-electron chi connectivity index (χ2n) is 23.0. The van der Waals surface area contributed by atoms with E-state index in [9.17, 15) is 9.59 Å². The van der Waals surface area contributed by atoms with Crippen LogP contribution in [-0.4, -0.2) is 62.9 Å². The highest BCUT2D eigenvalue weighted by Crippen LogP contribution is 2.50. The largest absolute Gasteiger partial charge is 0.326 e. The summed E-state index contributed by atoms with van der Waals surface area (Å²) in [6, 6.07) is 8.25. The molecule has 1 amide bonds. The van der Waals surface area contributed by atoms with E-state index >= 15 is 9.59 Å². The Morgan fingerprint density at radius 3 is 1.70 bits per heavy atom. The van der Waals surface area contributed by atoms with Crippen LogP contribution in [0, 0.1) is 23.2 Å². The van der Waals surface area contributed by atoms with Crippen LogP contribution in [0.15, 0.2) is 36.4 Å². The summed E-state index contributed by atoms with van der Waals surface area (Å²) < 4.78 is 0. The molecule has 3 aliphatic carbocycles. The van der Waals surface area contributed by atoms with Crippen LogP contribution < -0.4 is 10.6 Å². The number of carbonyl (C=O) groups is 4. The molecule has 390 valence electrons. The second-order valence-corrected chi connectivity index (χ2v) is 23.0. The van der Waals surface area contributed by atoms with Gasteiger partial charge in [-0.05, 0) is 109 Å². The number of allylic oxidation sites excluding steroid dienone is 1. The first-order valence-corrected chi connectivity index (χ1v) is 29.6. The average Bonchev–Trinajstić information content (AvgIpc) is 3.33. The Morgan fingerprint density at radius 2 is 1.16 bits per heavy atom. The van der Waals surface area contributed by atoms with Crippen molar-refractivity contribution in [3.8, 4) is 0 Å². The molecule has 10 atom stereocenters. The molecule has 1 heterocycles. The van der Waals surface area contributed by atoms with Crippen LogP contribution in [0.2, 0.25) is 0 Å². The summed E-state index contributed by atoms with van der Waals surface area (Å²) in [5.41, 5.74) is -0.994. The number of hydrogen-bond acceptors (Lipinski definition) is 6. The van der Waals surface area contributed by atoms with Crippen molar-refractivity contribution in [2.24, 2.45) is 23.2 Å². The number of β-lactam (4-membered cyclic amide) rings is 1. The Labute approximate surface area is 423 Å². The van der Waals surface area contributed by atoms with Gasteiger partial charge in [0.2, 0.25) is 5.91 Å². The SMILES string of the molecule is C/C=C\C(CC)(N[C@H]1CCCCCC[C@H]1C(=O)C(CC)(CCCC)C(C)(CCC)N[C@H]1CCCCCC[C@H]1C(=O)C(CC)(CCC)N1C(=O)[C@@H]2CCCCCC[C@@H]21)C(=O)c1ccc(CCCC)cc1. The third-order valence-corrected chi connectivity index (χ3v) is 18.7. The summed E-state index contributed by atoms with van der Waals surface area (Å²) in [5.74, 6) is 0.577. The molecule has 1 saturated heterocycles. The summed E-state index contributed by atoms with van der Waals surface area (Å²) in [5, 5.41) is 8.45. The molecule has 4 aliphatic rings. The highest BCUT2D eigenvalue weighted by Gasteiger charge is 2.60. The zero-order valence-corrected chi connectivity index (χ0v) is 45.9. The van der Waals surface area contributed by atoms with Crippen molar-refractivity contribution in [1.82, 2.24) is 15.5 Å². The molecule has 0 bridgehead atoms. The zero-order chi connectivity index (χ0) is 50.1. The first kappa shape index (κ1) is 57.3. The zero-order valence-electron chi connectivity index (χ0n) is 45.9. The number of likely N-dealkylation sites (tertiary alicyclic amines) is 1. The number of aryl methyl sites for hydroxylation is 1. The molecule has 3 saturated carbocycles. The Morgan fingerprint density at radius 1 is 0.609 bits per heavy atom. The molecular weight excluding hydrogens is 851 g/mol. The fraction of sp³-hybridized carbons (Fsp3) is 0.806. The molecule has 0 aromatic heterocycles. The van der Waals surface area contributed by atoms with Gasteiger partial charge in [0.25, 0.3) is 0 Å². The Balaban J connectivity index is 1.57. The summed E-state index contributed by atoms with van der Waals surface area (Å²) in [6.07, 6.45) is 34.2. The molecule has 5 rings (SSSR count). The number of nitrogens with zero attached hydrogens (tertiary/aromatic N) is 1. The average molecular weight is 955 g/mol. The first-order chi connectivity index (χ1) is 33.4. The van der Waals surface area contributed by atoms with Gasteiger partial charge in [0.05, 0.1) is 5.92 Å². The number of unbranched alkanes of at least 4 members (excludes halogenated alkanes) is 2. The van der Waals surface area contributed by atoms with E-state index in [2.05, 4.69) is 89.1 Å². The van der Waals surface area contributed by atoms with Crippen molar-refractivity contribution in [3.05, 3.63) is 47.5 Å². The van der Waals surface area contributed by atoms with Crippen LogP contribution >= 0.6 is 0 Å². The van der Waals surface area contributed by atoms with E-state index in [0.717, 1.165) is 179 Å². The number of amides is 1. The molecular formula is C62H103N3O4. The maximum atomic E-state index is 16.6. The van der Waals surface area contributed by atoms with Gasteiger partial charge in [-0.25, -0.2) is 0 Å². The minimum Gasteiger partial charge on any atom is -0.326 e. The standard InChI is InChI=1S/C62H103N3O4/c1-10-18-32-47-39-41-48(42-40-47)55(66)61(16-7,44-13-4)64-53-37-30-24-20-26-33-49(53)56(67)60(15-6,46-19-11-2)59(9,43-12-3)63-52-36-29-23-21-27-34-50(52)57(68)62(17-8,45-14-5)65-54-38-31-25-22-28-35-51(54)58(65)69/h13,39-42,44,49-54,63-64H,10-12,14-38,43,45-46H2,1-9H3/b44-13-/t49-,50-,51-,52+,53+,54+,59?,60?,61?,62?/m1/s1. The number of carbonyl (C=O) groups excluding carboxylic acids is 4. The van der Waals surface area contributed by atoms with Crippen molar-refractivity contribution in [1.29, 1.82) is 0 Å². The molecule has 4 unspecified atom stereocenters. The van der Waals surface area contributed by atoms with E-state index in [0.29, 0.717) is 24.4 Å². The second kappa shape index (κ2) is 27.4. The maximum absolute atomic E-state index is 16.6. The van der Waals surface area contributed by atoms with Gasteiger partial charge in [0.15, 0.2) is 11.6 Å². The Hall–Kier alpha value is -2.64. The fourth-order valence-corrected chi connectivity index (χ4v) is 14.7. The molecule has 4 fully saturated rings. The predicted molar refractivity (Wildman–Crippen MR) is 289 cm³/mol. The van der Waals surface area contributed by atoms with Gasteiger partial charge in [-0.2, -0.15) is 0 Å². The lowest BCUT2D eigenvalue weighted by Crippen LogP contribution is -2.73. The maximum Gasteiger partial charge on any atom is 0.228 e. The first-order valence-electron chi connectivity index (χ1n) is 29.6. The van der Waals surface area contributed by atoms with Crippen LogP contribution in [0.3, 0.4) is 0 Å². The highest BCUT2D eigenvalue weighted by atomic mass is 16.2. The highest BCUT2D eigenvalue weighted by molar-refractivity contribution is 6.05. The summed E-state index contributed by atoms with van der Waals surface area (Å²) in [4.78, 5) is 64.2. The monoisotopic (exact) mass is 954 g/mol. The molecule has 1 aliphatic heterocycles. The van der Waals surface area contributed by atoms with Crippen molar-refractivity contribution < 1.29 is 19.2 Å². The van der Waals surface area contributed by atoms with Gasteiger partial charge in [0, 0.05) is 46.5 Å². The third-order valence-electron chi connectivity index (χ3n) is 18.7. The number of hydrogen-bond donors (Lipinski definition) is 2. The van der Waals surface area contributed by atoms with Gasteiger partial charge in [-0.3, -0.25) is 24.5 Å². The summed E-state index contributed by atoms with van der Waals surface area (Å²) >= 11 is 0. The molecule has 2 N–H and O–H groups in total. The van der Waals surface area contributed by atoms with Crippen LogP contribution in [0.5, 0.6) is 0 Å². The molecule has 0 spiro atoms. The molecule has 1 aromatic carbocycles. The van der Waals surface area contributed by atoms with Crippen LogP contribution in [0.25, 0.3) is 0 Å². The van der Waals surface area contributed by atoms with E-state index in [-0.39, 0.29) is 47.6 Å². The normalized spacial score (nSPS) is 27.6. The van der Waals surface area contributed by atoms with E-state index < -0.39 is 22.0 Å². The van der Waals surface area contributed by atoms with Gasteiger partial charge in [-0.1, -0.05) is 194 Å². The van der Waals surface area contributed by atoms with Crippen molar-refractivity contribution in [2.75, 3.05) is 0 Å². The third kappa shape index (κ3) is 12.8. The number of rotatable bonds is 26. The van der Waals surface area contributed by atoms with E-state index in [4.69, 9.17) is 0 Å². The number of nitrogens with one attached hydrogen (secondary N) is 2. The lowest BCUT2D eigenvalue weighted by Gasteiger charge is -2.58. The van der Waals surface area contributed by atoms with Crippen LogP contribution in [0.1, 0.15) is 271 Å². The Bertz CT molecular complexity index is 1790.